The van der Waals surface area contributed by atoms with Gasteiger partial charge in [0.25, 0.3) is 5.91 Å². The number of carbonyl (C=O) groups is 1. The number of hydrogen-bond acceptors (Lipinski definition) is 3. The number of carbonyl (C=O) groups excluding carboxylic acids is 1. The molecule has 1 amide bonds. The molecule has 2 unspecified atom stereocenters. The summed E-state index contributed by atoms with van der Waals surface area (Å²) in [7, 11) is 0. The number of amides is 1. The molecule has 2 heterocycles. The summed E-state index contributed by atoms with van der Waals surface area (Å²) in [5, 5.41) is 0.837. The van der Waals surface area contributed by atoms with E-state index >= 15 is 0 Å². The molecule has 1 fully saturated rings. The summed E-state index contributed by atoms with van der Waals surface area (Å²) >= 11 is 1.88. The van der Waals surface area contributed by atoms with E-state index in [2.05, 4.69) is 18.8 Å². The average molecular weight is 266 g/mol. The molecule has 1 saturated heterocycles. The molecule has 1 aromatic rings. The van der Waals surface area contributed by atoms with Crippen LogP contribution in [0.1, 0.15) is 29.9 Å². The summed E-state index contributed by atoms with van der Waals surface area (Å²) in [6.07, 6.45) is 1.52. The molecule has 0 aromatic carbocycles. The van der Waals surface area contributed by atoms with E-state index in [1.165, 1.54) is 12.3 Å². The number of pyridine rings is 1. The van der Waals surface area contributed by atoms with Crippen LogP contribution in [0, 0.1) is 6.92 Å². The number of aromatic amines is 1. The predicted molar refractivity (Wildman–Crippen MR) is 74.2 cm³/mol. The molecule has 5 heteroatoms. The fourth-order valence-corrected chi connectivity index (χ4v) is 3.58. The summed E-state index contributed by atoms with van der Waals surface area (Å²) in [6.45, 7) is 7.44. The van der Waals surface area contributed by atoms with Crippen molar-refractivity contribution < 1.29 is 4.79 Å². The first kappa shape index (κ1) is 13.2. The standard InChI is InChI=1S/C13H18N2O2S/c1-8-4-12(16)11(5-14-8)13(17)15-6-9(2)18-10(3)7-15/h4-5,9-10H,6-7H2,1-3H3,(H,14,16). The number of nitrogens with zero attached hydrogens (tertiary/aromatic N) is 1. The molecule has 0 bridgehead atoms. The molecule has 1 aliphatic rings. The molecule has 0 spiro atoms. The van der Waals surface area contributed by atoms with E-state index in [0.29, 0.717) is 23.6 Å². The smallest absolute Gasteiger partial charge is 0.259 e. The summed E-state index contributed by atoms with van der Waals surface area (Å²) in [5.74, 6) is -0.157. The third-order valence-corrected chi connectivity index (χ3v) is 4.22. The maximum Gasteiger partial charge on any atom is 0.259 e. The lowest BCUT2D eigenvalue weighted by molar-refractivity contribution is 0.0751. The minimum absolute atomic E-state index is 0.157. The van der Waals surface area contributed by atoms with Gasteiger partial charge in [-0.05, 0) is 6.92 Å². The molecule has 1 N–H and O–H groups in total. The molecule has 1 aliphatic heterocycles. The Hall–Kier alpha value is -1.23. The maximum atomic E-state index is 12.3. The molecule has 0 saturated carbocycles. The predicted octanol–water partition coefficient (Wildman–Crippen LogP) is 1.65. The van der Waals surface area contributed by atoms with Crippen LogP contribution in [0.3, 0.4) is 0 Å². The van der Waals surface area contributed by atoms with E-state index in [0.717, 1.165) is 5.69 Å². The van der Waals surface area contributed by atoms with Crippen LogP contribution in [0.5, 0.6) is 0 Å². The zero-order chi connectivity index (χ0) is 13.3. The van der Waals surface area contributed by atoms with Crippen LogP contribution in [-0.4, -0.2) is 39.4 Å². The molecular formula is C13H18N2O2S. The van der Waals surface area contributed by atoms with Crippen molar-refractivity contribution in [2.45, 2.75) is 31.3 Å². The van der Waals surface area contributed by atoms with E-state index < -0.39 is 0 Å². The van der Waals surface area contributed by atoms with Gasteiger partial charge in [-0.15, -0.1) is 0 Å². The highest BCUT2D eigenvalue weighted by molar-refractivity contribution is 8.00. The second-order valence-corrected chi connectivity index (χ2v) is 6.74. The second-order valence-electron chi connectivity index (χ2n) is 4.86. The first-order valence-corrected chi connectivity index (χ1v) is 7.05. The molecule has 2 rings (SSSR count). The number of thioether (sulfide) groups is 1. The Labute approximate surface area is 111 Å². The number of rotatable bonds is 1. The molecule has 18 heavy (non-hydrogen) atoms. The van der Waals surface area contributed by atoms with Gasteiger partial charge in [0.15, 0.2) is 5.43 Å². The summed E-state index contributed by atoms with van der Waals surface area (Å²) in [4.78, 5) is 28.8. The van der Waals surface area contributed by atoms with E-state index in [4.69, 9.17) is 0 Å². The highest BCUT2D eigenvalue weighted by atomic mass is 32.2. The topological polar surface area (TPSA) is 53.2 Å². The zero-order valence-corrected chi connectivity index (χ0v) is 11.7. The number of nitrogens with one attached hydrogen (secondary N) is 1. The van der Waals surface area contributed by atoms with Crippen molar-refractivity contribution in [3.63, 3.8) is 0 Å². The van der Waals surface area contributed by atoms with Gasteiger partial charge in [-0.1, -0.05) is 13.8 Å². The van der Waals surface area contributed by atoms with Crippen LogP contribution in [0.15, 0.2) is 17.1 Å². The number of aromatic nitrogens is 1. The van der Waals surface area contributed by atoms with Crippen molar-refractivity contribution >= 4 is 17.7 Å². The van der Waals surface area contributed by atoms with Gasteiger partial charge in [0.05, 0.1) is 0 Å². The Morgan fingerprint density at radius 1 is 1.39 bits per heavy atom. The van der Waals surface area contributed by atoms with Crippen molar-refractivity contribution in [1.82, 2.24) is 9.88 Å². The molecule has 98 valence electrons. The van der Waals surface area contributed by atoms with Gasteiger partial charge in [0, 0.05) is 41.5 Å². The van der Waals surface area contributed by atoms with E-state index in [1.54, 1.807) is 11.8 Å². The Kier molecular flexibility index (Phi) is 3.80. The minimum atomic E-state index is -0.199. The van der Waals surface area contributed by atoms with Crippen molar-refractivity contribution in [2.75, 3.05) is 13.1 Å². The molecule has 2 atom stereocenters. The quantitative estimate of drug-likeness (QED) is 0.841. The van der Waals surface area contributed by atoms with E-state index in [-0.39, 0.29) is 16.9 Å². The lowest BCUT2D eigenvalue weighted by atomic mass is 10.2. The normalized spacial score (nSPS) is 24.1. The molecule has 0 aliphatic carbocycles. The van der Waals surface area contributed by atoms with Gasteiger partial charge in [0.2, 0.25) is 0 Å². The molecule has 1 aromatic heterocycles. The Morgan fingerprint density at radius 2 is 2.00 bits per heavy atom. The third-order valence-electron chi connectivity index (χ3n) is 2.99. The summed E-state index contributed by atoms with van der Waals surface area (Å²) in [5.41, 5.74) is 0.814. The fraction of sp³-hybridized carbons (Fsp3) is 0.538. The third kappa shape index (κ3) is 2.77. The first-order chi connectivity index (χ1) is 8.47. The van der Waals surface area contributed by atoms with Crippen molar-refractivity contribution in [1.29, 1.82) is 0 Å². The lowest BCUT2D eigenvalue weighted by Crippen LogP contribution is -2.45. The number of hydrogen-bond donors (Lipinski definition) is 1. The average Bonchev–Trinajstić information content (AvgIpc) is 2.26. The van der Waals surface area contributed by atoms with Gasteiger partial charge in [-0.2, -0.15) is 11.8 Å². The highest BCUT2D eigenvalue weighted by Crippen LogP contribution is 2.25. The second kappa shape index (κ2) is 5.18. The molecule has 0 radical (unpaired) electrons. The Bertz CT molecular complexity index is 502. The van der Waals surface area contributed by atoms with Gasteiger partial charge in [-0.3, -0.25) is 9.59 Å². The van der Waals surface area contributed by atoms with Gasteiger partial charge < -0.3 is 9.88 Å². The summed E-state index contributed by atoms with van der Waals surface area (Å²) < 4.78 is 0. The highest BCUT2D eigenvalue weighted by Gasteiger charge is 2.27. The van der Waals surface area contributed by atoms with Crippen molar-refractivity contribution in [2.24, 2.45) is 0 Å². The molecular weight excluding hydrogens is 248 g/mol. The SMILES string of the molecule is Cc1cc(=O)c(C(=O)N2CC(C)SC(C)C2)c[nH]1. The largest absolute Gasteiger partial charge is 0.364 e. The minimum Gasteiger partial charge on any atom is -0.364 e. The first-order valence-electron chi connectivity index (χ1n) is 6.11. The van der Waals surface area contributed by atoms with Gasteiger partial charge in [-0.25, -0.2) is 0 Å². The van der Waals surface area contributed by atoms with Crippen LogP contribution in [0.25, 0.3) is 0 Å². The Morgan fingerprint density at radius 3 is 2.56 bits per heavy atom. The summed E-state index contributed by atoms with van der Waals surface area (Å²) in [6, 6.07) is 1.47. The monoisotopic (exact) mass is 266 g/mol. The molecule has 4 nitrogen and oxygen atoms in total. The van der Waals surface area contributed by atoms with Gasteiger partial charge in [0.1, 0.15) is 5.56 Å². The van der Waals surface area contributed by atoms with Crippen LogP contribution in [0.2, 0.25) is 0 Å². The van der Waals surface area contributed by atoms with Crippen LogP contribution < -0.4 is 5.43 Å². The van der Waals surface area contributed by atoms with Crippen molar-refractivity contribution in [3.05, 3.63) is 33.7 Å². The van der Waals surface area contributed by atoms with E-state index in [9.17, 15) is 9.59 Å². The van der Waals surface area contributed by atoms with Crippen LogP contribution in [-0.2, 0) is 0 Å². The van der Waals surface area contributed by atoms with Crippen LogP contribution in [0.4, 0.5) is 0 Å². The maximum absolute atomic E-state index is 12.3. The van der Waals surface area contributed by atoms with Crippen molar-refractivity contribution in [3.8, 4) is 0 Å². The number of aryl methyl sites for hydroxylation is 1. The fourth-order valence-electron chi connectivity index (χ4n) is 2.25. The lowest BCUT2D eigenvalue weighted by Gasteiger charge is -2.34. The number of H-pyrrole nitrogens is 1. The Balaban J connectivity index is 2.23. The zero-order valence-electron chi connectivity index (χ0n) is 10.9. The van der Waals surface area contributed by atoms with E-state index in [1.807, 2.05) is 11.8 Å². The van der Waals surface area contributed by atoms with Gasteiger partial charge >= 0.3 is 0 Å². The van der Waals surface area contributed by atoms with Crippen LogP contribution >= 0.6 is 11.8 Å².